The molecule has 0 saturated heterocycles. The van der Waals surface area contributed by atoms with E-state index >= 15 is 0 Å². The molecule has 0 heterocycles. The second-order valence-corrected chi connectivity index (χ2v) is 4.80. The summed E-state index contributed by atoms with van der Waals surface area (Å²) in [6.07, 6.45) is 1.57. The average Bonchev–Trinajstić information content (AvgIpc) is 2.35. The Balaban J connectivity index is 2.49. The fraction of sp³-hybridized carbons (Fsp3) is 0. The minimum Gasteiger partial charge on any atom is -0.478 e. The smallest absolute Gasteiger partial charge is 0.336 e. The molecule has 0 aliphatic rings. The summed E-state index contributed by atoms with van der Waals surface area (Å²) in [5.41, 5.74) is 1.45. The summed E-state index contributed by atoms with van der Waals surface area (Å²) in [6.45, 7) is 0. The molecule has 2 aromatic rings. The normalized spacial score (nSPS) is 11.4. The fourth-order valence-corrected chi connectivity index (χ4v) is 2.08. The van der Waals surface area contributed by atoms with Crippen molar-refractivity contribution in [3.8, 4) is 0 Å². The second-order valence-electron chi connectivity index (χ2n) is 3.93. The van der Waals surface area contributed by atoms with E-state index in [9.17, 15) is 9.90 Å². The molecule has 19 heavy (non-hydrogen) atoms. The molecule has 1 N–H and O–H groups in total. The minimum atomic E-state index is -1.01. The molecule has 0 fully saturated rings. The molecule has 0 radical (unpaired) electrons. The lowest BCUT2D eigenvalue weighted by molar-refractivity contribution is -0.130. The number of hydrogen-bond donors (Lipinski definition) is 1. The van der Waals surface area contributed by atoms with Gasteiger partial charge in [0.2, 0.25) is 0 Å². The van der Waals surface area contributed by atoms with Gasteiger partial charge < -0.3 is 5.11 Å². The van der Waals surface area contributed by atoms with E-state index in [1.807, 2.05) is 0 Å². The van der Waals surface area contributed by atoms with Crippen LogP contribution < -0.4 is 0 Å². The maximum Gasteiger partial charge on any atom is 0.336 e. The quantitative estimate of drug-likeness (QED) is 0.662. The summed E-state index contributed by atoms with van der Waals surface area (Å²) in [6, 6.07) is 13.7. The summed E-state index contributed by atoms with van der Waals surface area (Å²) >= 11 is 11.8. The molecule has 0 spiro atoms. The number of hydrogen-bond acceptors (Lipinski definition) is 1. The number of aliphatic carboxylic acids is 1. The third-order valence-corrected chi connectivity index (χ3v) is 3.00. The molecular formula is C15H10Cl2O2. The molecule has 0 aliphatic carbocycles. The van der Waals surface area contributed by atoms with E-state index in [4.69, 9.17) is 23.2 Å². The van der Waals surface area contributed by atoms with Crippen LogP contribution in [0.5, 0.6) is 0 Å². The summed E-state index contributed by atoms with van der Waals surface area (Å²) in [7, 11) is 0. The molecule has 96 valence electrons. The van der Waals surface area contributed by atoms with Gasteiger partial charge in [0.05, 0.1) is 5.57 Å². The standard InChI is InChI=1S/C15H10Cl2O2/c16-12-5-1-3-10(7-12)8-14(15(18)19)11-4-2-6-13(17)9-11/h1-9H,(H,18,19)/b14-8+. The van der Waals surface area contributed by atoms with Crippen LogP contribution in [0.4, 0.5) is 0 Å². The predicted molar refractivity (Wildman–Crippen MR) is 78.4 cm³/mol. The lowest BCUT2D eigenvalue weighted by Gasteiger charge is -2.04. The number of carbonyl (C=O) groups is 1. The first kappa shape index (κ1) is 13.7. The Kier molecular flexibility index (Phi) is 4.25. The Labute approximate surface area is 120 Å². The van der Waals surface area contributed by atoms with E-state index in [1.165, 1.54) is 0 Å². The molecule has 0 bridgehead atoms. The largest absolute Gasteiger partial charge is 0.478 e. The maximum absolute atomic E-state index is 11.4. The maximum atomic E-state index is 11.4. The van der Waals surface area contributed by atoms with Gasteiger partial charge in [0, 0.05) is 10.0 Å². The molecule has 0 aromatic heterocycles. The van der Waals surface area contributed by atoms with E-state index < -0.39 is 5.97 Å². The highest BCUT2D eigenvalue weighted by Gasteiger charge is 2.10. The van der Waals surface area contributed by atoms with Crippen LogP contribution >= 0.6 is 23.2 Å². The van der Waals surface area contributed by atoms with Crippen molar-refractivity contribution in [2.75, 3.05) is 0 Å². The molecule has 2 rings (SSSR count). The van der Waals surface area contributed by atoms with Gasteiger partial charge in [0.15, 0.2) is 0 Å². The number of carboxylic acid groups (broad SMARTS) is 1. The molecule has 0 unspecified atom stereocenters. The zero-order chi connectivity index (χ0) is 13.8. The van der Waals surface area contributed by atoms with Crippen LogP contribution in [-0.4, -0.2) is 11.1 Å². The van der Waals surface area contributed by atoms with Gasteiger partial charge in [-0.1, -0.05) is 47.5 Å². The van der Waals surface area contributed by atoms with E-state index in [2.05, 4.69) is 0 Å². The first-order valence-electron chi connectivity index (χ1n) is 5.53. The van der Waals surface area contributed by atoms with Gasteiger partial charge in [-0.3, -0.25) is 0 Å². The van der Waals surface area contributed by atoms with Crippen molar-refractivity contribution in [2.45, 2.75) is 0 Å². The second kappa shape index (κ2) is 5.91. The van der Waals surface area contributed by atoms with Gasteiger partial charge in [-0.2, -0.15) is 0 Å². The highest BCUT2D eigenvalue weighted by Crippen LogP contribution is 2.22. The first-order chi connectivity index (χ1) is 9.06. The molecular weight excluding hydrogens is 283 g/mol. The number of halogens is 2. The van der Waals surface area contributed by atoms with Gasteiger partial charge in [-0.05, 0) is 41.5 Å². The number of rotatable bonds is 3. The van der Waals surface area contributed by atoms with Crippen LogP contribution in [0.1, 0.15) is 11.1 Å². The fourth-order valence-electron chi connectivity index (χ4n) is 1.69. The molecule has 0 atom stereocenters. The zero-order valence-electron chi connectivity index (χ0n) is 9.81. The molecule has 0 saturated carbocycles. The molecule has 4 heteroatoms. The van der Waals surface area contributed by atoms with E-state index in [0.717, 1.165) is 5.56 Å². The Morgan fingerprint density at radius 3 is 2.21 bits per heavy atom. The van der Waals surface area contributed by atoms with Crippen molar-refractivity contribution in [3.05, 3.63) is 69.7 Å². The van der Waals surface area contributed by atoms with Gasteiger partial charge >= 0.3 is 5.97 Å². The topological polar surface area (TPSA) is 37.3 Å². The van der Waals surface area contributed by atoms with E-state index in [1.54, 1.807) is 54.6 Å². The van der Waals surface area contributed by atoms with Crippen LogP contribution in [0, 0.1) is 0 Å². The Hall–Kier alpha value is -1.77. The highest BCUT2D eigenvalue weighted by atomic mass is 35.5. The number of carboxylic acids is 1. The van der Waals surface area contributed by atoms with Crippen LogP contribution in [0.15, 0.2) is 48.5 Å². The van der Waals surface area contributed by atoms with Crippen molar-refractivity contribution in [3.63, 3.8) is 0 Å². The minimum absolute atomic E-state index is 0.171. The summed E-state index contributed by atoms with van der Waals surface area (Å²) < 4.78 is 0. The van der Waals surface area contributed by atoms with Crippen molar-refractivity contribution < 1.29 is 9.90 Å². The summed E-state index contributed by atoms with van der Waals surface area (Å²) in [4.78, 5) is 11.4. The molecule has 2 aromatic carbocycles. The Morgan fingerprint density at radius 2 is 1.63 bits per heavy atom. The molecule has 2 nitrogen and oxygen atoms in total. The summed E-state index contributed by atoms with van der Waals surface area (Å²) in [5.74, 6) is -1.01. The predicted octanol–water partition coefficient (Wildman–Crippen LogP) is 4.62. The highest BCUT2D eigenvalue weighted by molar-refractivity contribution is 6.31. The Morgan fingerprint density at radius 1 is 1.00 bits per heavy atom. The lowest BCUT2D eigenvalue weighted by Crippen LogP contribution is -1.99. The lowest BCUT2D eigenvalue weighted by atomic mass is 10.0. The van der Waals surface area contributed by atoms with E-state index in [0.29, 0.717) is 15.6 Å². The third-order valence-electron chi connectivity index (χ3n) is 2.53. The summed E-state index contributed by atoms with van der Waals surface area (Å²) in [5, 5.41) is 10.4. The van der Waals surface area contributed by atoms with Crippen molar-refractivity contribution >= 4 is 40.8 Å². The van der Waals surface area contributed by atoms with Gasteiger partial charge in [-0.15, -0.1) is 0 Å². The van der Waals surface area contributed by atoms with Crippen LogP contribution in [0.25, 0.3) is 11.6 Å². The monoisotopic (exact) mass is 292 g/mol. The first-order valence-corrected chi connectivity index (χ1v) is 6.28. The van der Waals surface area contributed by atoms with Crippen molar-refractivity contribution in [1.82, 2.24) is 0 Å². The van der Waals surface area contributed by atoms with Gasteiger partial charge in [0.25, 0.3) is 0 Å². The third kappa shape index (κ3) is 3.60. The van der Waals surface area contributed by atoms with Crippen LogP contribution in [0.3, 0.4) is 0 Å². The average molecular weight is 293 g/mol. The molecule has 0 aliphatic heterocycles. The zero-order valence-corrected chi connectivity index (χ0v) is 11.3. The van der Waals surface area contributed by atoms with Gasteiger partial charge in [0.1, 0.15) is 0 Å². The SMILES string of the molecule is O=C(O)/C(=C/c1cccc(Cl)c1)c1cccc(Cl)c1. The molecule has 0 amide bonds. The van der Waals surface area contributed by atoms with Gasteiger partial charge in [-0.25, -0.2) is 4.79 Å². The number of benzene rings is 2. The van der Waals surface area contributed by atoms with Crippen molar-refractivity contribution in [1.29, 1.82) is 0 Å². The van der Waals surface area contributed by atoms with Crippen molar-refractivity contribution in [2.24, 2.45) is 0 Å². The Bertz CT molecular complexity index is 648. The van der Waals surface area contributed by atoms with Crippen LogP contribution in [0.2, 0.25) is 10.0 Å². The van der Waals surface area contributed by atoms with Crippen LogP contribution in [-0.2, 0) is 4.79 Å². The van der Waals surface area contributed by atoms with E-state index in [-0.39, 0.29) is 5.57 Å².